The zero-order chi connectivity index (χ0) is 36.6. The number of aromatic nitrogens is 2. The number of amides is 3. The molecule has 12 nitrogen and oxygen atoms in total. The van der Waals surface area contributed by atoms with E-state index in [9.17, 15) is 18.8 Å². The molecule has 2 aromatic carbocycles. The van der Waals surface area contributed by atoms with Crippen molar-refractivity contribution < 1.29 is 41.8 Å². The second-order valence-corrected chi connectivity index (χ2v) is 13.3. The average molecular weight is 727 g/mol. The predicted molar refractivity (Wildman–Crippen MR) is 184 cm³/mol. The van der Waals surface area contributed by atoms with E-state index in [-0.39, 0.29) is 55.9 Å². The van der Waals surface area contributed by atoms with Gasteiger partial charge in [0.05, 0.1) is 31.0 Å². The molecule has 3 N–H and O–H groups in total. The highest BCUT2D eigenvalue weighted by Crippen LogP contribution is 2.41. The number of nitrogens with one attached hydrogen (secondary N) is 3. The lowest BCUT2D eigenvalue weighted by atomic mass is 9.84. The van der Waals surface area contributed by atoms with Gasteiger partial charge >= 0.3 is 6.09 Å². The number of piperidine rings is 1. The van der Waals surface area contributed by atoms with Crippen LogP contribution in [0.1, 0.15) is 43.6 Å². The topological polar surface area (TPSA) is 136 Å². The second-order valence-electron chi connectivity index (χ2n) is 13.3. The number of hydrogen-bond donors (Lipinski definition) is 3. The van der Waals surface area contributed by atoms with Gasteiger partial charge in [-0.3, -0.25) is 9.59 Å². The van der Waals surface area contributed by atoms with E-state index in [0.717, 1.165) is 23.8 Å². The van der Waals surface area contributed by atoms with Gasteiger partial charge in [-0.1, -0.05) is 37.3 Å². The highest BCUT2D eigenvalue weighted by atomic mass is 19.1. The van der Waals surface area contributed by atoms with Crippen LogP contribution in [0.5, 0.6) is 0 Å². The third kappa shape index (κ3) is 8.76. The van der Waals surface area contributed by atoms with Crippen LogP contribution in [0.4, 0.5) is 18.0 Å². The quantitative estimate of drug-likeness (QED) is 0.214. The Kier molecular flexibility index (Phi) is 12.5. The van der Waals surface area contributed by atoms with Gasteiger partial charge in [-0.15, -0.1) is 0 Å². The van der Waals surface area contributed by atoms with Crippen molar-refractivity contribution in [1.82, 2.24) is 30.4 Å². The number of ether oxygens (including phenoxy) is 3. The highest BCUT2D eigenvalue weighted by Gasteiger charge is 2.54. The van der Waals surface area contributed by atoms with Gasteiger partial charge < -0.3 is 39.6 Å². The lowest BCUT2D eigenvalue weighted by Gasteiger charge is -2.45. The van der Waals surface area contributed by atoms with Crippen LogP contribution in [-0.2, 0) is 30.3 Å². The first kappa shape index (κ1) is 37.3. The van der Waals surface area contributed by atoms with Gasteiger partial charge in [0.25, 0.3) is 5.91 Å². The monoisotopic (exact) mass is 726 g/mol. The molecular formula is C37H45F3N6O6. The molecule has 0 radical (unpaired) electrons. The molecule has 0 aliphatic carbocycles. The largest absolute Gasteiger partial charge is 0.434 e. The maximum absolute atomic E-state index is 15.6. The minimum atomic E-state index is -1.34. The molecule has 3 aromatic rings. The molecule has 15 heteroatoms. The van der Waals surface area contributed by atoms with E-state index < -0.39 is 53.9 Å². The zero-order valence-electron chi connectivity index (χ0n) is 29.1. The smallest absolute Gasteiger partial charge is 0.408 e. The minimum absolute atomic E-state index is 0.00604. The van der Waals surface area contributed by atoms with Gasteiger partial charge in [-0.25, -0.2) is 22.9 Å². The maximum atomic E-state index is 15.6. The molecule has 3 saturated heterocycles. The molecular weight excluding hydrogens is 681 g/mol. The molecule has 5 atom stereocenters. The molecule has 3 aliphatic rings. The molecule has 4 unspecified atom stereocenters. The molecule has 3 fully saturated rings. The van der Waals surface area contributed by atoms with Gasteiger partial charge in [0.1, 0.15) is 23.6 Å². The van der Waals surface area contributed by atoms with Crippen LogP contribution in [0.2, 0.25) is 0 Å². The fourth-order valence-electron chi connectivity index (χ4n) is 7.25. The van der Waals surface area contributed by atoms with Crippen LogP contribution < -0.4 is 16.0 Å². The van der Waals surface area contributed by atoms with Gasteiger partial charge in [-0.2, -0.15) is 0 Å². The molecule has 1 aromatic heterocycles. The Morgan fingerprint density at radius 1 is 1.08 bits per heavy atom. The minimum Gasteiger partial charge on any atom is -0.434 e. The SMILES string of the molecule is CCC(=O)NCCOCCNC(=O)OC1C(=O)N(C(c2nc(-c3cc(F)ccc3F)cn2Cc2ccccc2)C2CCOCC2)CC2C(F)CN[C@H]12. The first-order valence-corrected chi connectivity index (χ1v) is 17.8. The third-order valence-electron chi connectivity index (χ3n) is 9.89. The number of fused-ring (bicyclic) bond motifs is 1. The maximum Gasteiger partial charge on any atom is 0.408 e. The summed E-state index contributed by atoms with van der Waals surface area (Å²) in [5.74, 6) is -2.31. The van der Waals surface area contributed by atoms with Crippen LogP contribution in [0, 0.1) is 23.5 Å². The van der Waals surface area contributed by atoms with Crippen LogP contribution >= 0.6 is 0 Å². The Labute approximate surface area is 300 Å². The molecule has 0 saturated carbocycles. The molecule has 6 rings (SSSR count). The lowest BCUT2D eigenvalue weighted by Crippen LogP contribution is -2.62. The van der Waals surface area contributed by atoms with Crippen molar-refractivity contribution in [2.24, 2.45) is 11.8 Å². The summed E-state index contributed by atoms with van der Waals surface area (Å²) in [6.45, 7) is 3.77. The Bertz CT molecular complexity index is 1690. The molecule has 3 aliphatic heterocycles. The summed E-state index contributed by atoms with van der Waals surface area (Å²) in [7, 11) is 0. The fraction of sp³-hybridized carbons (Fsp3) is 0.514. The van der Waals surface area contributed by atoms with Crippen molar-refractivity contribution in [3.8, 4) is 11.3 Å². The van der Waals surface area contributed by atoms with Crippen LogP contribution in [-0.4, -0.2) is 103 Å². The molecule has 0 bridgehead atoms. The third-order valence-corrected chi connectivity index (χ3v) is 9.89. The molecule has 3 amide bonds. The van der Waals surface area contributed by atoms with Crippen LogP contribution in [0.15, 0.2) is 54.7 Å². The number of carbonyl (C=O) groups is 3. The van der Waals surface area contributed by atoms with E-state index in [0.29, 0.717) is 51.4 Å². The second kappa shape index (κ2) is 17.4. The number of halogens is 3. The summed E-state index contributed by atoms with van der Waals surface area (Å²) < 4.78 is 63.8. The van der Waals surface area contributed by atoms with E-state index in [1.807, 2.05) is 34.9 Å². The Hall–Kier alpha value is -4.47. The number of imidazole rings is 1. The standard InChI is InChI=1S/C37H45F3N6O6/c1-2-31(47)41-12-16-51-17-13-42-37(49)52-34-32-27(29(40)19-43-32)21-46(36(34)48)33(24-10-14-50-15-11-24)35-44-30(26-18-25(38)8-9-28(26)39)22-45(35)20-23-6-4-3-5-7-23/h3-9,18,22,24,27,29,32-34,43H,2,10-17,19-21H2,1H3,(H,41,47)(H,42,49)/t27?,29?,32-,33?,34?/m0/s1. The molecule has 4 heterocycles. The Morgan fingerprint density at radius 3 is 2.58 bits per heavy atom. The number of nitrogens with zero attached hydrogens (tertiary/aromatic N) is 3. The number of hydrogen-bond acceptors (Lipinski definition) is 8. The summed E-state index contributed by atoms with van der Waals surface area (Å²) in [6.07, 6.45) is -0.362. The normalized spacial score (nSPS) is 22.5. The van der Waals surface area contributed by atoms with E-state index in [1.165, 1.54) is 0 Å². The number of rotatable bonds is 14. The number of alkyl halides is 1. The van der Waals surface area contributed by atoms with E-state index in [2.05, 4.69) is 16.0 Å². The zero-order valence-corrected chi connectivity index (χ0v) is 29.1. The van der Waals surface area contributed by atoms with Gasteiger partial charge in [0.2, 0.25) is 5.91 Å². The van der Waals surface area contributed by atoms with E-state index in [4.69, 9.17) is 19.2 Å². The van der Waals surface area contributed by atoms with Gasteiger partial charge in [0.15, 0.2) is 6.10 Å². The first-order chi connectivity index (χ1) is 25.2. The van der Waals surface area contributed by atoms with Crippen LogP contribution in [0.3, 0.4) is 0 Å². The van der Waals surface area contributed by atoms with E-state index in [1.54, 1.807) is 18.0 Å². The number of carbonyl (C=O) groups excluding carboxylic acids is 3. The lowest BCUT2D eigenvalue weighted by molar-refractivity contribution is -0.155. The molecule has 52 heavy (non-hydrogen) atoms. The van der Waals surface area contributed by atoms with Crippen molar-refractivity contribution in [3.63, 3.8) is 0 Å². The van der Waals surface area contributed by atoms with Crippen LogP contribution in [0.25, 0.3) is 11.3 Å². The first-order valence-electron chi connectivity index (χ1n) is 17.8. The summed E-state index contributed by atoms with van der Waals surface area (Å²) in [4.78, 5) is 45.4. The van der Waals surface area contributed by atoms with Crippen molar-refractivity contribution in [2.75, 3.05) is 52.6 Å². The molecule has 280 valence electrons. The number of benzene rings is 2. The van der Waals surface area contributed by atoms with Crippen molar-refractivity contribution in [2.45, 2.75) is 57.1 Å². The van der Waals surface area contributed by atoms with E-state index >= 15 is 8.78 Å². The predicted octanol–water partition coefficient (Wildman–Crippen LogP) is 3.75. The fourth-order valence-corrected chi connectivity index (χ4v) is 7.25. The van der Waals surface area contributed by atoms with Crippen molar-refractivity contribution >= 4 is 17.9 Å². The summed E-state index contributed by atoms with van der Waals surface area (Å²) in [5.41, 5.74) is 1.08. The summed E-state index contributed by atoms with van der Waals surface area (Å²) in [5, 5.41) is 8.34. The van der Waals surface area contributed by atoms with Gasteiger partial charge in [-0.05, 0) is 42.5 Å². The summed E-state index contributed by atoms with van der Waals surface area (Å²) in [6, 6.07) is 11.2. The Balaban J connectivity index is 1.29. The van der Waals surface area contributed by atoms with Crippen molar-refractivity contribution in [1.29, 1.82) is 0 Å². The highest BCUT2D eigenvalue weighted by molar-refractivity contribution is 5.86. The summed E-state index contributed by atoms with van der Waals surface area (Å²) >= 11 is 0. The Morgan fingerprint density at radius 2 is 1.83 bits per heavy atom. The molecule has 0 spiro atoms. The number of likely N-dealkylation sites (tertiary alicyclic amines) is 1. The average Bonchev–Trinajstić information content (AvgIpc) is 3.73. The van der Waals surface area contributed by atoms with Crippen molar-refractivity contribution in [3.05, 3.63) is 77.8 Å². The van der Waals surface area contributed by atoms with Gasteiger partial charge in [0, 0.05) is 70.0 Å². The number of alkyl carbamates (subject to hydrolysis) is 1.